The van der Waals surface area contributed by atoms with Gasteiger partial charge in [0.25, 0.3) is 0 Å². The van der Waals surface area contributed by atoms with Crippen LogP contribution in [-0.4, -0.2) is 77.3 Å². The number of piperidine rings is 1. The van der Waals surface area contributed by atoms with Gasteiger partial charge in [0.05, 0.1) is 6.42 Å². The lowest BCUT2D eigenvalue weighted by molar-refractivity contribution is -0.145. The lowest BCUT2D eigenvalue weighted by atomic mass is 10.1. The van der Waals surface area contributed by atoms with Crippen molar-refractivity contribution in [1.82, 2.24) is 15.1 Å². The number of aliphatic carboxylic acids is 2. The van der Waals surface area contributed by atoms with E-state index in [0.717, 1.165) is 25.9 Å². The van der Waals surface area contributed by atoms with E-state index in [9.17, 15) is 14.4 Å². The zero-order chi connectivity index (χ0) is 15.3. The monoisotopic (exact) mass is 287 g/mol. The minimum atomic E-state index is -1.41. The first-order chi connectivity index (χ1) is 9.31. The summed E-state index contributed by atoms with van der Waals surface area (Å²) in [4.78, 5) is 37.0. The fourth-order valence-corrected chi connectivity index (χ4v) is 2.25. The number of amides is 2. The van der Waals surface area contributed by atoms with Crippen LogP contribution < -0.4 is 5.32 Å². The molecule has 2 atom stereocenters. The molecule has 8 nitrogen and oxygen atoms in total. The number of carbonyl (C=O) groups is 3. The molecule has 2 amide bonds. The maximum absolute atomic E-state index is 12.0. The van der Waals surface area contributed by atoms with Crippen molar-refractivity contribution in [2.24, 2.45) is 0 Å². The largest absolute Gasteiger partial charge is 0.481 e. The zero-order valence-electron chi connectivity index (χ0n) is 11.7. The van der Waals surface area contributed by atoms with E-state index in [-0.39, 0.29) is 6.04 Å². The molecule has 20 heavy (non-hydrogen) atoms. The van der Waals surface area contributed by atoms with Crippen molar-refractivity contribution in [1.29, 1.82) is 0 Å². The van der Waals surface area contributed by atoms with E-state index < -0.39 is 30.4 Å². The Hall–Kier alpha value is -1.83. The van der Waals surface area contributed by atoms with Crippen molar-refractivity contribution < 1.29 is 24.6 Å². The van der Waals surface area contributed by atoms with Gasteiger partial charge in [0.2, 0.25) is 0 Å². The number of nitrogens with zero attached hydrogens (tertiary/aromatic N) is 2. The highest BCUT2D eigenvalue weighted by Gasteiger charge is 2.28. The molecule has 0 radical (unpaired) electrons. The molecule has 0 spiro atoms. The highest BCUT2D eigenvalue weighted by atomic mass is 16.4. The van der Waals surface area contributed by atoms with Gasteiger partial charge in [-0.15, -0.1) is 0 Å². The lowest BCUT2D eigenvalue weighted by Gasteiger charge is -2.36. The van der Waals surface area contributed by atoms with Crippen LogP contribution in [0.2, 0.25) is 0 Å². The van der Waals surface area contributed by atoms with Crippen LogP contribution in [0.5, 0.6) is 0 Å². The van der Waals surface area contributed by atoms with Gasteiger partial charge in [0, 0.05) is 19.6 Å². The Morgan fingerprint density at radius 3 is 2.55 bits per heavy atom. The van der Waals surface area contributed by atoms with Crippen molar-refractivity contribution in [3.05, 3.63) is 0 Å². The minimum Gasteiger partial charge on any atom is -0.481 e. The Morgan fingerprint density at radius 1 is 1.40 bits per heavy atom. The number of rotatable bonds is 5. The average molecular weight is 287 g/mol. The number of likely N-dealkylation sites (N-methyl/N-ethyl adjacent to an activating group) is 2. The van der Waals surface area contributed by atoms with Crippen LogP contribution in [0.15, 0.2) is 0 Å². The van der Waals surface area contributed by atoms with Gasteiger partial charge in [-0.3, -0.25) is 4.79 Å². The third-order valence-corrected chi connectivity index (χ3v) is 3.44. The van der Waals surface area contributed by atoms with Crippen LogP contribution in [0.1, 0.15) is 19.3 Å². The number of carboxylic acid groups (broad SMARTS) is 2. The molecule has 3 N–H and O–H groups in total. The Labute approximate surface area is 117 Å². The lowest BCUT2D eigenvalue weighted by Crippen LogP contribution is -2.53. The van der Waals surface area contributed by atoms with E-state index in [2.05, 4.69) is 10.2 Å². The molecule has 0 aliphatic carbocycles. The van der Waals surface area contributed by atoms with Gasteiger partial charge in [-0.05, 0) is 26.4 Å². The van der Waals surface area contributed by atoms with Gasteiger partial charge in [-0.25, -0.2) is 9.59 Å². The summed E-state index contributed by atoms with van der Waals surface area (Å²) in [5.41, 5.74) is 0. The van der Waals surface area contributed by atoms with Gasteiger partial charge >= 0.3 is 18.0 Å². The maximum atomic E-state index is 12.0. The summed E-state index contributed by atoms with van der Waals surface area (Å²) < 4.78 is 0. The summed E-state index contributed by atoms with van der Waals surface area (Å²) in [5, 5.41) is 19.8. The average Bonchev–Trinajstić information content (AvgIpc) is 2.36. The molecule has 8 heteroatoms. The number of carboxylic acids is 2. The van der Waals surface area contributed by atoms with Crippen molar-refractivity contribution in [3.63, 3.8) is 0 Å². The van der Waals surface area contributed by atoms with E-state index in [1.165, 1.54) is 4.90 Å². The van der Waals surface area contributed by atoms with Gasteiger partial charge in [0.15, 0.2) is 0 Å². The number of hydrogen-bond donors (Lipinski definition) is 3. The first-order valence-electron chi connectivity index (χ1n) is 6.47. The Kier molecular flexibility index (Phi) is 5.75. The Bertz CT molecular complexity index is 387. The van der Waals surface area contributed by atoms with Crippen molar-refractivity contribution >= 4 is 18.0 Å². The van der Waals surface area contributed by atoms with Crippen LogP contribution >= 0.6 is 0 Å². The topological polar surface area (TPSA) is 110 Å². The van der Waals surface area contributed by atoms with E-state index in [4.69, 9.17) is 10.2 Å². The molecular weight excluding hydrogens is 266 g/mol. The van der Waals surface area contributed by atoms with E-state index in [1.54, 1.807) is 7.05 Å². The van der Waals surface area contributed by atoms with Crippen LogP contribution in [0.3, 0.4) is 0 Å². The number of nitrogens with one attached hydrogen (secondary N) is 1. The normalized spacial score (nSPS) is 21.0. The fourth-order valence-electron chi connectivity index (χ4n) is 2.25. The molecule has 0 aromatic heterocycles. The van der Waals surface area contributed by atoms with Crippen LogP contribution in [0.4, 0.5) is 4.79 Å². The zero-order valence-corrected chi connectivity index (χ0v) is 11.7. The summed E-state index contributed by atoms with van der Waals surface area (Å²) in [6, 6.07) is -1.96. The van der Waals surface area contributed by atoms with E-state index >= 15 is 0 Å². The predicted molar refractivity (Wildman–Crippen MR) is 70.5 cm³/mol. The molecule has 114 valence electrons. The standard InChI is InChI=1S/C12H21N3O5/c1-14-5-3-4-8(7-14)15(2)12(20)13-9(11(18)19)6-10(16)17/h8-9H,3-7H2,1-2H3,(H,13,20)(H,16,17)(H,18,19)/t8?,9-/m0/s1. The van der Waals surface area contributed by atoms with Crippen LogP contribution in [0, 0.1) is 0 Å². The smallest absolute Gasteiger partial charge is 0.326 e. The highest BCUT2D eigenvalue weighted by molar-refractivity contribution is 5.86. The molecule has 1 heterocycles. The summed E-state index contributed by atoms with van der Waals surface area (Å²) >= 11 is 0. The first-order valence-corrected chi connectivity index (χ1v) is 6.47. The van der Waals surface area contributed by atoms with E-state index in [0.29, 0.717) is 0 Å². The number of carbonyl (C=O) groups excluding carboxylic acids is 1. The molecule has 1 saturated heterocycles. The molecule has 1 unspecified atom stereocenters. The summed E-state index contributed by atoms with van der Waals surface area (Å²) in [5.74, 6) is -2.62. The van der Waals surface area contributed by atoms with Crippen LogP contribution in [0.25, 0.3) is 0 Å². The molecule has 1 aliphatic rings. The SMILES string of the molecule is CN1CCCC(N(C)C(=O)N[C@@H](CC(=O)O)C(=O)O)C1. The highest BCUT2D eigenvalue weighted by Crippen LogP contribution is 2.13. The van der Waals surface area contributed by atoms with Gasteiger partial charge in [-0.1, -0.05) is 0 Å². The van der Waals surface area contributed by atoms with Crippen molar-refractivity contribution in [3.8, 4) is 0 Å². The van der Waals surface area contributed by atoms with Crippen molar-refractivity contribution in [2.45, 2.75) is 31.3 Å². The van der Waals surface area contributed by atoms with Gasteiger partial charge in [-0.2, -0.15) is 0 Å². The van der Waals surface area contributed by atoms with Crippen molar-refractivity contribution in [2.75, 3.05) is 27.2 Å². The molecule has 1 aliphatic heterocycles. The molecule has 0 aromatic rings. The number of likely N-dealkylation sites (tertiary alicyclic amines) is 1. The summed E-state index contributed by atoms with van der Waals surface area (Å²) in [7, 11) is 3.56. The second-order valence-corrected chi connectivity index (χ2v) is 5.11. The van der Waals surface area contributed by atoms with Gasteiger partial charge in [0.1, 0.15) is 6.04 Å². The molecular formula is C12H21N3O5. The molecule has 1 fully saturated rings. The fraction of sp³-hybridized carbons (Fsp3) is 0.750. The Morgan fingerprint density at radius 2 is 2.05 bits per heavy atom. The second kappa shape index (κ2) is 7.09. The Balaban J connectivity index is 2.58. The minimum absolute atomic E-state index is 0.00743. The maximum Gasteiger partial charge on any atom is 0.326 e. The second-order valence-electron chi connectivity index (χ2n) is 5.11. The molecule has 0 aromatic carbocycles. The quantitative estimate of drug-likeness (QED) is 0.637. The third-order valence-electron chi connectivity index (χ3n) is 3.44. The third kappa shape index (κ3) is 4.69. The number of urea groups is 1. The molecule has 0 saturated carbocycles. The van der Waals surface area contributed by atoms with E-state index in [1.807, 2.05) is 7.05 Å². The van der Waals surface area contributed by atoms with Gasteiger partial charge < -0.3 is 25.3 Å². The van der Waals surface area contributed by atoms with Crippen LogP contribution in [-0.2, 0) is 9.59 Å². The summed E-state index contributed by atoms with van der Waals surface area (Å²) in [6.07, 6.45) is 1.18. The summed E-state index contributed by atoms with van der Waals surface area (Å²) in [6.45, 7) is 1.70. The predicted octanol–water partition coefficient (Wildman–Crippen LogP) is -0.350. The molecule has 1 rings (SSSR count). The molecule has 0 bridgehead atoms. The first kappa shape index (κ1) is 16.2. The number of hydrogen-bond acceptors (Lipinski definition) is 4.